The Morgan fingerprint density at radius 3 is 2.92 bits per heavy atom. The zero-order chi connectivity index (χ0) is 18.0. The minimum absolute atomic E-state index is 0.103. The Balaban J connectivity index is 1.75. The van der Waals surface area contributed by atoms with E-state index < -0.39 is 12.1 Å². The third-order valence-corrected chi connectivity index (χ3v) is 5.04. The van der Waals surface area contributed by atoms with Crippen molar-refractivity contribution in [3.63, 3.8) is 0 Å². The van der Waals surface area contributed by atoms with E-state index in [-0.39, 0.29) is 18.9 Å². The van der Waals surface area contributed by atoms with Crippen LogP contribution in [0.1, 0.15) is 28.0 Å². The lowest BCUT2D eigenvalue weighted by atomic mass is 10.1. The summed E-state index contributed by atoms with van der Waals surface area (Å²) in [4.78, 5) is 29.6. The molecule has 7 heteroatoms. The van der Waals surface area contributed by atoms with E-state index in [1.54, 1.807) is 10.3 Å². The Bertz CT molecular complexity index is 802. The molecule has 1 unspecified atom stereocenters. The number of carboxylic acids is 1. The van der Waals surface area contributed by atoms with Crippen molar-refractivity contribution in [2.24, 2.45) is 0 Å². The van der Waals surface area contributed by atoms with E-state index in [2.05, 4.69) is 11.1 Å². The molecule has 1 aliphatic rings. The molecule has 0 saturated carbocycles. The van der Waals surface area contributed by atoms with E-state index >= 15 is 0 Å². The molecule has 1 N–H and O–H groups in total. The fourth-order valence-electron chi connectivity index (χ4n) is 2.93. The summed E-state index contributed by atoms with van der Waals surface area (Å²) >= 11 is 1.44. The maximum absolute atomic E-state index is 12.7. The lowest BCUT2D eigenvalue weighted by Gasteiger charge is -2.31. The van der Waals surface area contributed by atoms with E-state index in [4.69, 9.17) is 9.84 Å². The summed E-state index contributed by atoms with van der Waals surface area (Å²) < 4.78 is 5.41. The highest BCUT2D eigenvalue weighted by molar-refractivity contribution is 7.13. The third-order valence-electron chi connectivity index (χ3n) is 4.16. The first-order valence-electron chi connectivity index (χ1n) is 8.10. The van der Waals surface area contributed by atoms with Gasteiger partial charge >= 0.3 is 5.97 Å². The highest BCUT2D eigenvalue weighted by atomic mass is 32.1. The van der Waals surface area contributed by atoms with Crippen LogP contribution in [0.2, 0.25) is 0 Å². The molecule has 3 rings (SSSR count). The summed E-state index contributed by atoms with van der Waals surface area (Å²) in [5, 5.41) is 11.5. The summed E-state index contributed by atoms with van der Waals surface area (Å²) in [6.07, 6.45) is -0.568. The molecule has 1 aliphatic heterocycles. The molecule has 2 aromatic rings. The molecule has 1 atom stereocenters. The summed E-state index contributed by atoms with van der Waals surface area (Å²) in [5.74, 6) is -1.10. The molecule has 2 heterocycles. The molecule has 0 radical (unpaired) electrons. The van der Waals surface area contributed by atoms with Crippen molar-refractivity contribution < 1.29 is 19.4 Å². The summed E-state index contributed by atoms with van der Waals surface area (Å²) in [5.41, 5.74) is 3.74. The molecule has 0 aliphatic carbocycles. The number of amides is 1. The van der Waals surface area contributed by atoms with Gasteiger partial charge in [-0.25, -0.2) is 4.98 Å². The Labute approximate surface area is 150 Å². The monoisotopic (exact) mass is 360 g/mol. The largest absolute Gasteiger partial charge is 0.481 e. The van der Waals surface area contributed by atoms with Crippen molar-refractivity contribution in [1.29, 1.82) is 0 Å². The van der Waals surface area contributed by atoms with E-state index in [0.717, 1.165) is 16.1 Å². The van der Waals surface area contributed by atoms with Gasteiger partial charge in [0.2, 0.25) is 0 Å². The number of aliphatic carboxylic acids is 1. The van der Waals surface area contributed by atoms with E-state index in [1.165, 1.54) is 16.9 Å². The number of thiazole rings is 1. The Kier molecular flexibility index (Phi) is 5.15. The first-order valence-corrected chi connectivity index (χ1v) is 8.98. The fourth-order valence-corrected chi connectivity index (χ4v) is 3.82. The Morgan fingerprint density at radius 1 is 1.40 bits per heavy atom. The standard InChI is InChI=1S/C18H20N2O4S/c1-11-3-4-14(12(2)7-11)17-19-15(10-25-17)18(23)20-5-6-24-13(9-20)8-16(21)22/h3-4,7,10,13H,5-6,8-9H2,1-2H3,(H,21,22). The number of hydrogen-bond donors (Lipinski definition) is 1. The minimum Gasteiger partial charge on any atom is -0.481 e. The van der Waals surface area contributed by atoms with Gasteiger partial charge in [-0.05, 0) is 19.4 Å². The number of rotatable bonds is 4. The zero-order valence-corrected chi connectivity index (χ0v) is 15.0. The number of carbonyl (C=O) groups excluding carboxylic acids is 1. The van der Waals surface area contributed by atoms with Gasteiger partial charge in [-0.15, -0.1) is 11.3 Å². The highest BCUT2D eigenvalue weighted by Gasteiger charge is 2.28. The number of nitrogens with zero attached hydrogens (tertiary/aromatic N) is 2. The Hall–Kier alpha value is -2.25. The van der Waals surface area contributed by atoms with E-state index in [0.29, 0.717) is 18.8 Å². The molecule has 1 amide bonds. The average Bonchev–Trinajstić information content (AvgIpc) is 3.03. The molecule has 0 spiro atoms. The molecule has 1 aromatic carbocycles. The molecule has 1 saturated heterocycles. The third kappa shape index (κ3) is 4.05. The molecular weight excluding hydrogens is 340 g/mol. The van der Waals surface area contributed by atoms with E-state index in [9.17, 15) is 9.59 Å². The first-order chi connectivity index (χ1) is 11.9. The van der Waals surface area contributed by atoms with Gasteiger partial charge in [0.1, 0.15) is 10.7 Å². The number of aryl methyl sites for hydroxylation is 2. The van der Waals surface area contributed by atoms with Crippen molar-refractivity contribution in [1.82, 2.24) is 9.88 Å². The van der Waals surface area contributed by atoms with Gasteiger partial charge in [-0.1, -0.05) is 23.8 Å². The lowest BCUT2D eigenvalue weighted by molar-refractivity contribution is -0.141. The summed E-state index contributed by atoms with van der Waals surface area (Å²) in [7, 11) is 0. The highest BCUT2D eigenvalue weighted by Crippen LogP contribution is 2.28. The first kappa shape index (κ1) is 17.6. The van der Waals surface area contributed by atoms with Crippen LogP contribution in [0, 0.1) is 13.8 Å². The SMILES string of the molecule is Cc1ccc(-c2nc(C(=O)N3CCOC(CC(=O)O)C3)cs2)c(C)c1. The number of hydrogen-bond acceptors (Lipinski definition) is 5. The predicted molar refractivity (Wildman–Crippen MR) is 94.9 cm³/mol. The predicted octanol–water partition coefficient (Wildman–Crippen LogP) is 2.74. The number of carbonyl (C=O) groups is 2. The molecule has 132 valence electrons. The number of carboxylic acid groups (broad SMARTS) is 1. The molecule has 25 heavy (non-hydrogen) atoms. The van der Waals surface area contributed by atoms with Crippen molar-refractivity contribution >= 4 is 23.2 Å². The van der Waals surface area contributed by atoms with Crippen LogP contribution < -0.4 is 0 Å². The van der Waals surface area contributed by atoms with Crippen LogP contribution in [-0.2, 0) is 9.53 Å². The van der Waals surface area contributed by atoms with Gasteiger partial charge in [-0.2, -0.15) is 0 Å². The van der Waals surface area contributed by atoms with Crippen LogP contribution in [0.4, 0.5) is 0 Å². The van der Waals surface area contributed by atoms with Crippen LogP contribution in [0.15, 0.2) is 23.6 Å². The van der Waals surface area contributed by atoms with Gasteiger partial charge < -0.3 is 14.7 Å². The molecule has 0 bridgehead atoms. The van der Waals surface area contributed by atoms with Crippen LogP contribution >= 0.6 is 11.3 Å². The second-order valence-electron chi connectivity index (χ2n) is 6.20. The smallest absolute Gasteiger partial charge is 0.306 e. The molecule has 6 nitrogen and oxygen atoms in total. The van der Waals surface area contributed by atoms with Gasteiger partial charge in [-0.3, -0.25) is 9.59 Å². The van der Waals surface area contributed by atoms with Gasteiger partial charge in [0.15, 0.2) is 0 Å². The van der Waals surface area contributed by atoms with Gasteiger partial charge in [0.05, 0.1) is 19.1 Å². The number of morpholine rings is 1. The van der Waals surface area contributed by atoms with Crippen molar-refractivity contribution in [2.45, 2.75) is 26.4 Å². The van der Waals surface area contributed by atoms with Crippen molar-refractivity contribution in [3.05, 3.63) is 40.4 Å². The number of aromatic nitrogens is 1. The topological polar surface area (TPSA) is 79.7 Å². The molecule has 1 aromatic heterocycles. The second-order valence-corrected chi connectivity index (χ2v) is 7.06. The maximum Gasteiger partial charge on any atom is 0.306 e. The van der Waals surface area contributed by atoms with Crippen LogP contribution in [0.3, 0.4) is 0 Å². The summed E-state index contributed by atoms with van der Waals surface area (Å²) in [6.45, 7) is 5.15. The quantitative estimate of drug-likeness (QED) is 0.907. The fraction of sp³-hybridized carbons (Fsp3) is 0.389. The lowest BCUT2D eigenvalue weighted by Crippen LogP contribution is -2.46. The minimum atomic E-state index is -0.926. The maximum atomic E-state index is 12.7. The van der Waals surface area contributed by atoms with Crippen molar-refractivity contribution in [3.8, 4) is 10.6 Å². The van der Waals surface area contributed by atoms with Crippen LogP contribution in [0.25, 0.3) is 10.6 Å². The normalized spacial score (nSPS) is 17.5. The van der Waals surface area contributed by atoms with Crippen LogP contribution in [-0.4, -0.2) is 52.7 Å². The summed E-state index contributed by atoms with van der Waals surface area (Å²) in [6, 6.07) is 6.15. The molecular formula is C18H20N2O4S. The van der Waals surface area contributed by atoms with Crippen LogP contribution in [0.5, 0.6) is 0 Å². The second kappa shape index (κ2) is 7.33. The average molecular weight is 360 g/mol. The van der Waals surface area contributed by atoms with E-state index in [1.807, 2.05) is 26.0 Å². The van der Waals surface area contributed by atoms with Crippen molar-refractivity contribution in [2.75, 3.05) is 19.7 Å². The number of ether oxygens (including phenoxy) is 1. The van der Waals surface area contributed by atoms with Gasteiger partial charge in [0.25, 0.3) is 5.91 Å². The number of benzene rings is 1. The van der Waals surface area contributed by atoms with Gasteiger partial charge in [0, 0.05) is 24.0 Å². The zero-order valence-electron chi connectivity index (χ0n) is 14.2. The molecule has 1 fully saturated rings. The Morgan fingerprint density at radius 2 is 2.20 bits per heavy atom.